The number of ketones is 1. The first-order valence-electron chi connectivity index (χ1n) is 5.98. The fourth-order valence-corrected chi connectivity index (χ4v) is 1.56. The number of rotatable bonds is 2. The molecule has 0 bridgehead atoms. The first-order valence-corrected chi connectivity index (χ1v) is 5.98. The predicted molar refractivity (Wildman–Crippen MR) is 70.2 cm³/mol. The van der Waals surface area contributed by atoms with Crippen LogP contribution in [0.1, 0.15) is 37.0 Å². The Morgan fingerprint density at radius 3 is 2.29 bits per heavy atom. The van der Waals surface area contributed by atoms with Gasteiger partial charge in [0, 0.05) is 11.1 Å². The summed E-state index contributed by atoms with van der Waals surface area (Å²) in [5.74, 6) is 0.200. The molecule has 1 aromatic carbocycles. The predicted octanol–water partition coefficient (Wildman–Crippen LogP) is 3.88. The van der Waals surface area contributed by atoms with Crippen LogP contribution in [0.15, 0.2) is 48.1 Å². The molecule has 1 aliphatic carbocycles. The highest BCUT2D eigenvalue weighted by Crippen LogP contribution is 2.17. The van der Waals surface area contributed by atoms with Gasteiger partial charge in [0.05, 0.1) is 0 Å². The molecular weight excluding hydrogens is 212 g/mol. The van der Waals surface area contributed by atoms with Gasteiger partial charge in [0.2, 0.25) is 0 Å². The van der Waals surface area contributed by atoms with E-state index in [1.165, 1.54) is 12.1 Å². The summed E-state index contributed by atoms with van der Waals surface area (Å²) in [4.78, 5) is 11.9. The van der Waals surface area contributed by atoms with Gasteiger partial charge in [-0.1, -0.05) is 32.1 Å². The van der Waals surface area contributed by atoms with Gasteiger partial charge in [-0.05, 0) is 37.1 Å². The van der Waals surface area contributed by atoms with E-state index in [1.54, 1.807) is 12.1 Å². The molecule has 0 heterocycles. The molecule has 0 unspecified atom stereocenters. The lowest BCUT2D eigenvalue weighted by Gasteiger charge is -2.05. The largest absolute Gasteiger partial charge is 0.508 e. The summed E-state index contributed by atoms with van der Waals surface area (Å²) in [6, 6.07) is 6.34. The first kappa shape index (κ1) is 13.2. The maximum Gasteiger partial charge on any atom is 0.192 e. The SMILES string of the molecule is CC.O=C(C1=CCCC=C1)c1ccc(O)cc1. The molecule has 0 atom stereocenters. The normalized spacial score (nSPS) is 13.4. The summed E-state index contributed by atoms with van der Waals surface area (Å²) in [6.07, 6.45) is 7.75. The van der Waals surface area contributed by atoms with Crippen molar-refractivity contribution in [3.05, 3.63) is 53.6 Å². The fourth-order valence-electron chi connectivity index (χ4n) is 1.56. The number of hydrogen-bond donors (Lipinski definition) is 1. The number of allylic oxidation sites excluding steroid dienone is 4. The van der Waals surface area contributed by atoms with E-state index in [0.717, 1.165) is 18.4 Å². The van der Waals surface area contributed by atoms with E-state index < -0.39 is 0 Å². The van der Waals surface area contributed by atoms with E-state index in [0.29, 0.717) is 5.56 Å². The van der Waals surface area contributed by atoms with Crippen LogP contribution < -0.4 is 0 Å². The maximum atomic E-state index is 11.9. The second-order valence-corrected chi connectivity index (χ2v) is 3.52. The van der Waals surface area contributed by atoms with Crippen LogP contribution in [0, 0.1) is 0 Å². The highest BCUT2D eigenvalue weighted by Gasteiger charge is 2.10. The Balaban J connectivity index is 0.000000686. The van der Waals surface area contributed by atoms with Gasteiger partial charge in [-0.2, -0.15) is 0 Å². The van der Waals surface area contributed by atoms with Gasteiger partial charge >= 0.3 is 0 Å². The molecule has 90 valence electrons. The molecule has 0 aromatic heterocycles. The van der Waals surface area contributed by atoms with Gasteiger partial charge in [0.1, 0.15) is 5.75 Å². The Labute approximate surface area is 102 Å². The van der Waals surface area contributed by atoms with Crippen molar-refractivity contribution < 1.29 is 9.90 Å². The standard InChI is InChI=1S/C13H12O2.C2H6/c14-12-8-6-11(7-9-12)13(15)10-4-2-1-3-5-10;1-2/h2,4-9,14H,1,3H2;1-2H3. The van der Waals surface area contributed by atoms with Crippen molar-refractivity contribution in [1.29, 1.82) is 0 Å². The van der Waals surface area contributed by atoms with Crippen molar-refractivity contribution in [3.63, 3.8) is 0 Å². The lowest BCUT2D eigenvalue weighted by atomic mass is 9.98. The maximum absolute atomic E-state index is 11.9. The molecule has 1 aliphatic rings. The molecular formula is C15H18O2. The van der Waals surface area contributed by atoms with Gasteiger partial charge in [-0.25, -0.2) is 0 Å². The van der Waals surface area contributed by atoms with Crippen LogP contribution in [-0.4, -0.2) is 10.9 Å². The number of Topliss-reactive ketones (excluding diaryl/α,β-unsaturated/α-hetero) is 1. The van der Waals surface area contributed by atoms with E-state index in [9.17, 15) is 4.79 Å². The Hall–Kier alpha value is -1.83. The van der Waals surface area contributed by atoms with E-state index in [1.807, 2.05) is 32.1 Å². The highest BCUT2D eigenvalue weighted by molar-refractivity contribution is 6.10. The number of carbonyl (C=O) groups is 1. The molecule has 0 fully saturated rings. The minimum atomic E-state index is 0.0194. The lowest BCUT2D eigenvalue weighted by Crippen LogP contribution is -2.02. The molecule has 0 radical (unpaired) electrons. The zero-order chi connectivity index (χ0) is 12.7. The van der Waals surface area contributed by atoms with Gasteiger partial charge < -0.3 is 5.11 Å². The van der Waals surface area contributed by atoms with Gasteiger partial charge in [-0.3, -0.25) is 4.79 Å². The third kappa shape index (κ3) is 3.59. The summed E-state index contributed by atoms with van der Waals surface area (Å²) in [7, 11) is 0. The summed E-state index contributed by atoms with van der Waals surface area (Å²) < 4.78 is 0. The summed E-state index contributed by atoms with van der Waals surface area (Å²) in [5.41, 5.74) is 1.36. The number of benzene rings is 1. The third-order valence-electron chi connectivity index (χ3n) is 2.39. The van der Waals surface area contributed by atoms with Crippen LogP contribution in [0.4, 0.5) is 0 Å². The van der Waals surface area contributed by atoms with E-state index in [4.69, 9.17) is 5.11 Å². The molecule has 1 N–H and O–H groups in total. The summed E-state index contributed by atoms with van der Waals surface area (Å²) >= 11 is 0. The second-order valence-electron chi connectivity index (χ2n) is 3.52. The van der Waals surface area contributed by atoms with Crippen LogP contribution in [0.2, 0.25) is 0 Å². The third-order valence-corrected chi connectivity index (χ3v) is 2.39. The summed E-state index contributed by atoms with van der Waals surface area (Å²) in [5, 5.41) is 9.11. The minimum absolute atomic E-state index is 0.0194. The van der Waals surface area contributed by atoms with Crippen molar-refractivity contribution in [2.45, 2.75) is 26.7 Å². The minimum Gasteiger partial charge on any atom is -0.508 e. The Bertz CT molecular complexity index is 425. The van der Waals surface area contributed by atoms with Crippen LogP contribution in [-0.2, 0) is 0 Å². The lowest BCUT2D eigenvalue weighted by molar-refractivity contribution is 0.103. The molecule has 0 saturated carbocycles. The molecule has 1 aromatic rings. The van der Waals surface area contributed by atoms with E-state index >= 15 is 0 Å². The molecule has 2 heteroatoms. The Morgan fingerprint density at radius 2 is 1.76 bits per heavy atom. The number of carbonyl (C=O) groups excluding carboxylic acids is 1. The zero-order valence-corrected chi connectivity index (χ0v) is 10.3. The van der Waals surface area contributed by atoms with Crippen LogP contribution in [0.3, 0.4) is 0 Å². The van der Waals surface area contributed by atoms with Crippen molar-refractivity contribution in [2.75, 3.05) is 0 Å². The van der Waals surface area contributed by atoms with Crippen LogP contribution >= 0.6 is 0 Å². The molecule has 0 amide bonds. The number of phenols is 1. The fraction of sp³-hybridized carbons (Fsp3) is 0.267. The average Bonchev–Trinajstić information content (AvgIpc) is 2.42. The average molecular weight is 230 g/mol. The van der Waals surface area contributed by atoms with Crippen molar-refractivity contribution in [1.82, 2.24) is 0 Å². The van der Waals surface area contributed by atoms with Crippen molar-refractivity contribution >= 4 is 5.78 Å². The zero-order valence-electron chi connectivity index (χ0n) is 10.3. The Kier molecular flexibility index (Phi) is 5.21. The monoisotopic (exact) mass is 230 g/mol. The summed E-state index contributed by atoms with van der Waals surface area (Å²) in [6.45, 7) is 4.00. The van der Waals surface area contributed by atoms with E-state index in [2.05, 4.69) is 0 Å². The van der Waals surface area contributed by atoms with E-state index in [-0.39, 0.29) is 11.5 Å². The number of phenolic OH excluding ortho intramolecular Hbond substituents is 1. The molecule has 0 saturated heterocycles. The first-order chi connectivity index (χ1) is 8.27. The Morgan fingerprint density at radius 1 is 1.12 bits per heavy atom. The number of aromatic hydroxyl groups is 1. The molecule has 2 nitrogen and oxygen atoms in total. The molecule has 0 aliphatic heterocycles. The van der Waals surface area contributed by atoms with Crippen LogP contribution in [0.25, 0.3) is 0 Å². The van der Waals surface area contributed by atoms with Gasteiger partial charge in [0.15, 0.2) is 5.78 Å². The molecule has 0 spiro atoms. The number of hydrogen-bond acceptors (Lipinski definition) is 2. The smallest absolute Gasteiger partial charge is 0.192 e. The molecule has 17 heavy (non-hydrogen) atoms. The second kappa shape index (κ2) is 6.69. The van der Waals surface area contributed by atoms with Gasteiger partial charge in [-0.15, -0.1) is 0 Å². The topological polar surface area (TPSA) is 37.3 Å². The van der Waals surface area contributed by atoms with Crippen molar-refractivity contribution in [3.8, 4) is 5.75 Å². The van der Waals surface area contributed by atoms with Gasteiger partial charge in [0.25, 0.3) is 0 Å². The quantitative estimate of drug-likeness (QED) is 0.783. The molecule has 2 rings (SSSR count). The van der Waals surface area contributed by atoms with Crippen molar-refractivity contribution in [2.24, 2.45) is 0 Å². The highest BCUT2D eigenvalue weighted by atomic mass is 16.3. The van der Waals surface area contributed by atoms with Crippen LogP contribution in [0.5, 0.6) is 5.75 Å².